The van der Waals surface area contributed by atoms with Crippen LogP contribution in [0.15, 0.2) is 18.2 Å². The molecule has 2 aliphatic rings. The van der Waals surface area contributed by atoms with Crippen LogP contribution in [0, 0.1) is 11.3 Å². The van der Waals surface area contributed by atoms with E-state index in [2.05, 4.69) is 32.2 Å². The molecule has 0 heterocycles. The number of halogens is 2. The van der Waals surface area contributed by atoms with Crippen LogP contribution in [0.5, 0.6) is 0 Å². The molecule has 120 valence electrons. The van der Waals surface area contributed by atoms with E-state index in [9.17, 15) is 4.79 Å². The van der Waals surface area contributed by atoms with Crippen LogP contribution in [0.2, 0.25) is 0 Å². The molecular weight excluding hydrogens is 317 g/mol. The topological polar surface area (TPSA) is 29.1 Å². The Bertz CT molecular complexity index is 634. The first kappa shape index (κ1) is 16.1. The largest absolute Gasteiger partial charge is 0.325 e. The number of hydrogen-bond acceptors (Lipinski definition) is 1. The second-order valence-corrected chi connectivity index (χ2v) is 9.41. The van der Waals surface area contributed by atoms with Gasteiger partial charge in [0.15, 0.2) is 0 Å². The van der Waals surface area contributed by atoms with Crippen LogP contribution in [-0.4, -0.2) is 10.2 Å². The molecule has 0 spiro atoms. The predicted octanol–water partition coefficient (Wildman–Crippen LogP) is 5.24. The molecule has 1 aromatic carbocycles. The number of carbonyl (C=O) groups is 1. The molecule has 0 aliphatic heterocycles. The lowest BCUT2D eigenvalue weighted by Gasteiger charge is -2.19. The number of fused-ring (bicyclic) bond motifs is 1. The van der Waals surface area contributed by atoms with E-state index in [0.29, 0.717) is 5.92 Å². The fourth-order valence-corrected chi connectivity index (χ4v) is 4.98. The third kappa shape index (κ3) is 2.11. The zero-order valence-corrected chi connectivity index (χ0v) is 15.3. The second kappa shape index (κ2) is 4.64. The summed E-state index contributed by atoms with van der Waals surface area (Å²) in [6, 6.07) is 6.16. The number of nitrogens with one attached hydrogen (secondary N) is 1. The molecule has 1 fully saturated rings. The van der Waals surface area contributed by atoms with Gasteiger partial charge in [-0.3, -0.25) is 4.79 Å². The van der Waals surface area contributed by atoms with Crippen LogP contribution < -0.4 is 5.32 Å². The molecule has 22 heavy (non-hydrogen) atoms. The van der Waals surface area contributed by atoms with Crippen molar-refractivity contribution in [1.82, 2.24) is 0 Å². The van der Waals surface area contributed by atoms with E-state index < -0.39 is 4.33 Å². The second-order valence-electron chi connectivity index (χ2n) is 8.02. The Hall–Kier alpha value is -0.730. The van der Waals surface area contributed by atoms with E-state index in [1.165, 1.54) is 11.1 Å². The van der Waals surface area contributed by atoms with Crippen molar-refractivity contribution in [3.63, 3.8) is 0 Å². The summed E-state index contributed by atoms with van der Waals surface area (Å²) in [5, 5.41) is 3.08. The summed E-state index contributed by atoms with van der Waals surface area (Å²) in [6.45, 7) is 10.6. The van der Waals surface area contributed by atoms with Crippen LogP contribution >= 0.6 is 23.2 Å². The Morgan fingerprint density at radius 1 is 1.23 bits per heavy atom. The van der Waals surface area contributed by atoms with Gasteiger partial charge in [-0.15, -0.1) is 23.2 Å². The lowest BCUT2D eigenvalue weighted by Crippen LogP contribution is -2.19. The Balaban J connectivity index is 1.90. The quantitative estimate of drug-likeness (QED) is 0.733. The highest BCUT2D eigenvalue weighted by molar-refractivity contribution is 6.53. The highest BCUT2D eigenvalue weighted by atomic mass is 35.5. The van der Waals surface area contributed by atoms with Crippen molar-refractivity contribution >= 4 is 34.8 Å². The molecule has 2 nitrogen and oxygen atoms in total. The number of anilines is 1. The van der Waals surface area contributed by atoms with Gasteiger partial charge in [0, 0.05) is 11.1 Å². The molecule has 1 N–H and O–H groups in total. The van der Waals surface area contributed by atoms with Crippen molar-refractivity contribution in [2.75, 3.05) is 5.32 Å². The number of rotatable bonds is 2. The summed E-state index contributed by atoms with van der Waals surface area (Å²) < 4.78 is -0.972. The number of carbonyl (C=O) groups excluding carboxylic acids is 1. The highest BCUT2D eigenvalue weighted by Crippen LogP contribution is 2.69. The summed E-state index contributed by atoms with van der Waals surface area (Å²) in [4.78, 5) is 12.6. The lowest BCUT2D eigenvalue weighted by atomic mass is 9.86. The minimum absolute atomic E-state index is 0.0830. The standard InChI is InChI=1S/C18H23Cl2NO/c1-10-9-16(2,3)11-7-6-8-12(13(10)11)21-15(22)14-17(4,5)18(14,19)20/h6-8,10,14H,9H2,1-5H3,(H,21,22)/t10-,14-/m0/s1. The Labute approximate surface area is 142 Å². The average molecular weight is 340 g/mol. The van der Waals surface area contributed by atoms with E-state index >= 15 is 0 Å². The maximum atomic E-state index is 12.6. The van der Waals surface area contributed by atoms with Crippen LogP contribution in [0.25, 0.3) is 0 Å². The van der Waals surface area contributed by atoms with Crippen molar-refractivity contribution in [3.8, 4) is 0 Å². The number of benzene rings is 1. The van der Waals surface area contributed by atoms with E-state index in [1.807, 2.05) is 26.0 Å². The first-order valence-electron chi connectivity index (χ1n) is 7.82. The van der Waals surface area contributed by atoms with E-state index in [4.69, 9.17) is 23.2 Å². The molecule has 0 bridgehead atoms. The SMILES string of the molecule is C[C@H]1CC(C)(C)c2cccc(NC(=O)[C@H]3C(C)(C)C3(Cl)Cl)c21. The predicted molar refractivity (Wildman–Crippen MR) is 92.8 cm³/mol. The Kier molecular flexibility index (Phi) is 3.40. The molecule has 4 heteroatoms. The van der Waals surface area contributed by atoms with Crippen LogP contribution in [0.1, 0.15) is 58.1 Å². The maximum Gasteiger partial charge on any atom is 0.231 e. The van der Waals surface area contributed by atoms with Crippen molar-refractivity contribution < 1.29 is 4.79 Å². The van der Waals surface area contributed by atoms with Gasteiger partial charge >= 0.3 is 0 Å². The third-order valence-corrected chi connectivity index (χ3v) is 6.94. The molecule has 0 aromatic heterocycles. The normalized spacial score (nSPS) is 29.8. The Morgan fingerprint density at radius 3 is 2.36 bits per heavy atom. The summed E-state index contributed by atoms with van der Waals surface area (Å²) in [5.74, 6) is -0.0188. The Morgan fingerprint density at radius 2 is 1.82 bits per heavy atom. The van der Waals surface area contributed by atoms with Gasteiger partial charge in [0.2, 0.25) is 5.91 Å². The molecule has 0 unspecified atom stereocenters. The monoisotopic (exact) mass is 339 g/mol. The number of hydrogen-bond donors (Lipinski definition) is 1. The molecule has 0 saturated heterocycles. The van der Waals surface area contributed by atoms with Gasteiger partial charge in [-0.1, -0.05) is 46.8 Å². The fraction of sp³-hybridized carbons (Fsp3) is 0.611. The highest BCUT2D eigenvalue weighted by Gasteiger charge is 2.73. The van der Waals surface area contributed by atoms with Gasteiger partial charge in [0.1, 0.15) is 4.33 Å². The first-order valence-corrected chi connectivity index (χ1v) is 8.58. The smallest absolute Gasteiger partial charge is 0.231 e. The minimum atomic E-state index is -0.972. The molecular formula is C18H23Cl2NO. The van der Waals surface area contributed by atoms with Gasteiger partial charge < -0.3 is 5.32 Å². The van der Waals surface area contributed by atoms with Crippen LogP contribution in [-0.2, 0) is 10.2 Å². The zero-order chi connectivity index (χ0) is 16.5. The first-order chi connectivity index (χ1) is 10.00. The van der Waals surface area contributed by atoms with E-state index in [1.54, 1.807) is 0 Å². The van der Waals surface area contributed by atoms with Gasteiger partial charge in [0.05, 0.1) is 5.92 Å². The van der Waals surface area contributed by atoms with E-state index in [0.717, 1.165) is 12.1 Å². The summed E-state index contributed by atoms with van der Waals surface area (Å²) in [5.41, 5.74) is 3.26. The van der Waals surface area contributed by atoms with Gasteiger partial charge in [-0.25, -0.2) is 0 Å². The van der Waals surface area contributed by atoms with Crippen LogP contribution in [0.3, 0.4) is 0 Å². The lowest BCUT2D eigenvalue weighted by molar-refractivity contribution is -0.118. The summed E-state index contributed by atoms with van der Waals surface area (Å²) in [7, 11) is 0. The summed E-state index contributed by atoms with van der Waals surface area (Å²) >= 11 is 12.5. The van der Waals surface area contributed by atoms with E-state index in [-0.39, 0.29) is 22.7 Å². The fourth-order valence-electron chi connectivity index (χ4n) is 4.13. The molecule has 2 aliphatic carbocycles. The van der Waals surface area contributed by atoms with Crippen molar-refractivity contribution in [3.05, 3.63) is 29.3 Å². The summed E-state index contributed by atoms with van der Waals surface area (Å²) in [6.07, 6.45) is 1.10. The zero-order valence-electron chi connectivity index (χ0n) is 13.8. The molecule has 1 saturated carbocycles. The molecule has 0 radical (unpaired) electrons. The molecule has 1 amide bonds. The minimum Gasteiger partial charge on any atom is -0.325 e. The van der Waals surface area contributed by atoms with Crippen LogP contribution in [0.4, 0.5) is 5.69 Å². The van der Waals surface area contributed by atoms with Gasteiger partial charge in [-0.2, -0.15) is 0 Å². The van der Waals surface area contributed by atoms with Gasteiger partial charge in [-0.05, 0) is 34.9 Å². The van der Waals surface area contributed by atoms with Crippen molar-refractivity contribution in [1.29, 1.82) is 0 Å². The molecule has 2 atom stereocenters. The number of alkyl halides is 2. The average Bonchev–Trinajstić information content (AvgIpc) is 2.63. The molecule has 1 aromatic rings. The van der Waals surface area contributed by atoms with Crippen molar-refractivity contribution in [2.24, 2.45) is 11.3 Å². The van der Waals surface area contributed by atoms with Crippen molar-refractivity contribution in [2.45, 2.75) is 56.7 Å². The van der Waals surface area contributed by atoms with Gasteiger partial charge in [0.25, 0.3) is 0 Å². The number of amides is 1. The maximum absolute atomic E-state index is 12.6. The molecule has 3 rings (SSSR count). The third-order valence-electron chi connectivity index (χ3n) is 5.52.